The molecule has 118 heavy (non-hydrogen) atoms. The second-order valence-electron chi connectivity index (χ2n) is 24.9. The van der Waals surface area contributed by atoms with Crippen LogP contribution in [0.15, 0.2) is 357 Å². The number of carbonyl (C=O) groups excluding carboxylic acids is 2. The Morgan fingerprint density at radius 2 is 0.754 bits per heavy atom. The molecule has 0 spiro atoms. The smallest absolute Gasteiger partial charge is 0.155 e. The summed E-state index contributed by atoms with van der Waals surface area (Å²) in [6.07, 6.45) is 15.0. The maximum absolute atomic E-state index is 10.0. The van der Waals surface area contributed by atoms with E-state index in [0.29, 0.717) is 0 Å². The summed E-state index contributed by atoms with van der Waals surface area (Å²) >= 11 is 0. The fourth-order valence-electron chi connectivity index (χ4n) is 11.2. The van der Waals surface area contributed by atoms with Gasteiger partial charge in [0.25, 0.3) is 0 Å². The Bertz CT molecular complexity index is 5580. The largest absolute Gasteiger partial charge is 0.512 e. The standard InChI is InChI=1S/C18H12NO.C16H11N2.2C16H12N.2C11H8N.2C5H8O2.4CH4.4Ir/c1-12-9-10-19-16(11-12)15-7-4-6-14-13-5-2-3-8-17(13)20-18(14)15;1-2-6-13(7-3-1)16-12-14(9-11-18-16)15-8-4-5-10-17-15;1-12-10-14(16-8-4-5-9-17-16)11-13-6-2-3-7-15(12)13;1-12-10-13-6-2-3-7-14(13)11-15(12)16-8-4-5-9-17-16;2*1-2-6-10(7-3-1)11-8-4-5-9-12-11;2*1-4(6)3-5(2)7;;;;;;;;/h2-6,8-11H,1H3;1-6,8-12H;2*2-10H,1H3;2*1-6,8-9H;2*3,6H,1-2H3;4*1H4;;;;/q6*-1;;;;;;;;;;. The van der Waals surface area contributed by atoms with Crippen LogP contribution in [-0.4, -0.2) is 56.7 Å². The van der Waals surface area contributed by atoms with Crippen LogP contribution >= 0.6 is 0 Å². The molecule has 0 aliphatic rings. The van der Waals surface area contributed by atoms with E-state index < -0.39 is 0 Å². The van der Waals surface area contributed by atoms with E-state index in [-0.39, 0.29) is 133 Å². The summed E-state index contributed by atoms with van der Waals surface area (Å²) in [4.78, 5) is 50.4. The first-order chi connectivity index (χ1) is 53.6. The molecule has 0 aliphatic heterocycles. The molecule has 8 heterocycles. The molecule has 17 rings (SSSR count). The number of benzene rings is 9. The number of rotatable bonds is 9. The monoisotopic (exact) mass is 2270 g/mol. The predicted molar refractivity (Wildman–Crippen MR) is 472 cm³/mol. The van der Waals surface area contributed by atoms with Crippen molar-refractivity contribution < 1.29 is 105 Å². The van der Waals surface area contributed by atoms with Crippen molar-refractivity contribution in [3.8, 4) is 78.8 Å². The van der Waals surface area contributed by atoms with Gasteiger partial charge in [-0.2, -0.15) is 0 Å². The van der Waals surface area contributed by atoms with Gasteiger partial charge in [-0.1, -0.05) is 203 Å². The van der Waals surface area contributed by atoms with Crippen molar-refractivity contribution >= 4 is 55.0 Å². The molecule has 0 atom stereocenters. The van der Waals surface area contributed by atoms with Gasteiger partial charge in [-0.25, -0.2) is 0 Å². The maximum Gasteiger partial charge on any atom is 0.155 e. The topological polar surface area (TPSA) is 178 Å². The van der Waals surface area contributed by atoms with Gasteiger partial charge in [0.05, 0.1) is 22.8 Å². The Morgan fingerprint density at radius 3 is 1.23 bits per heavy atom. The minimum absolute atomic E-state index is 0. The molecule has 2 N–H and O–H groups in total. The third-order valence-corrected chi connectivity index (χ3v) is 16.2. The summed E-state index contributed by atoms with van der Waals surface area (Å²) in [5.41, 5.74) is 19.3. The number of carbonyl (C=O) groups is 2. The second kappa shape index (κ2) is 54.3. The van der Waals surface area contributed by atoms with E-state index in [2.05, 4.69) is 153 Å². The number of aliphatic hydroxyl groups is 2. The van der Waals surface area contributed by atoms with Gasteiger partial charge < -0.3 is 34.6 Å². The molecule has 0 saturated carbocycles. The fourth-order valence-corrected chi connectivity index (χ4v) is 11.2. The van der Waals surface area contributed by atoms with Crippen LogP contribution < -0.4 is 0 Å². The van der Waals surface area contributed by atoms with Crippen LogP contribution in [0.2, 0.25) is 0 Å². The number of hydrogen-bond donors (Lipinski definition) is 2. The number of furan rings is 1. The molecule has 9 aromatic carbocycles. The van der Waals surface area contributed by atoms with Crippen molar-refractivity contribution in [3.63, 3.8) is 0 Å². The molecule has 0 fully saturated rings. The van der Waals surface area contributed by atoms with Crippen molar-refractivity contribution in [3.05, 3.63) is 405 Å². The van der Waals surface area contributed by atoms with Gasteiger partial charge >= 0.3 is 0 Å². The number of hydrogen-bond acceptors (Lipinski definition) is 12. The Labute approximate surface area is 750 Å². The van der Waals surface area contributed by atoms with Gasteiger partial charge in [0.15, 0.2) is 11.6 Å². The number of allylic oxidation sites excluding steroid dienone is 4. The van der Waals surface area contributed by atoms with Gasteiger partial charge in [-0.05, 0) is 118 Å². The summed E-state index contributed by atoms with van der Waals surface area (Å²) in [5.74, 6) is -0.125. The second-order valence-corrected chi connectivity index (χ2v) is 24.9. The van der Waals surface area contributed by atoms with E-state index in [1.165, 1.54) is 67.3 Å². The Hall–Kier alpha value is -11.6. The SMILES string of the molecule is C.C.C.C.CC(=O)C=C(C)O.CC(=O)C=C(C)O.Cc1cc(-c2ccccn2)[c-]c2ccccc12.Cc1cc2ccccc2[c-]c1-c1ccccn1.Cc1ccnc(-c2[c-]ccc3c2oc2ccccc23)c1.[Ir].[Ir].[Ir].[Ir].[c-]1ccccc1-c1cc(-c2ccccn2)ccn1.[c-]1ccccc1-c1ccccn1.[c-]1ccccc1-c1ccccn1. The summed E-state index contributed by atoms with van der Waals surface area (Å²) in [6, 6.07) is 114. The Balaban J connectivity index is 0.000000462. The van der Waals surface area contributed by atoms with Crippen molar-refractivity contribution in [2.75, 3.05) is 0 Å². The molecule has 0 amide bonds. The van der Waals surface area contributed by atoms with E-state index in [1.54, 1.807) is 24.8 Å². The fraction of sp³-hybridized carbons (Fsp3) is 0.108. The number of ketones is 2. The predicted octanol–water partition coefficient (Wildman–Crippen LogP) is 26.1. The van der Waals surface area contributed by atoms with E-state index in [1.807, 2.05) is 243 Å². The first kappa shape index (κ1) is 102. The minimum Gasteiger partial charge on any atom is -0.512 e. The molecule has 4 radical (unpaired) electrons. The van der Waals surface area contributed by atoms with Crippen molar-refractivity contribution in [2.45, 2.75) is 78.2 Å². The first-order valence-corrected chi connectivity index (χ1v) is 35.4. The summed E-state index contributed by atoms with van der Waals surface area (Å²) in [6.45, 7) is 12.0. The molecule has 16 heteroatoms. The summed E-state index contributed by atoms with van der Waals surface area (Å²) in [5, 5.41) is 23.7. The van der Waals surface area contributed by atoms with Crippen LogP contribution in [-0.2, 0) is 90.0 Å². The van der Waals surface area contributed by atoms with Crippen LogP contribution in [0.25, 0.3) is 122 Å². The number of aliphatic hydroxyl groups excluding tert-OH is 2. The molecule has 0 aliphatic carbocycles. The number of aryl methyl sites for hydroxylation is 3. The molecular weight excluding hydrogens is 2170 g/mol. The zero-order valence-corrected chi connectivity index (χ0v) is 73.0. The zero-order valence-electron chi connectivity index (χ0n) is 63.4. The van der Waals surface area contributed by atoms with Gasteiger partial charge in [-0.15, -0.1) is 184 Å². The van der Waals surface area contributed by atoms with Gasteiger partial charge in [0.1, 0.15) is 5.58 Å². The Morgan fingerprint density at radius 1 is 0.331 bits per heavy atom. The zero-order chi connectivity index (χ0) is 77.2. The van der Waals surface area contributed by atoms with E-state index in [9.17, 15) is 9.59 Å². The van der Waals surface area contributed by atoms with Crippen LogP contribution in [0.5, 0.6) is 0 Å². The van der Waals surface area contributed by atoms with Gasteiger partial charge in [0, 0.05) is 153 Å². The molecule has 17 aromatic rings. The van der Waals surface area contributed by atoms with Crippen molar-refractivity contribution in [1.82, 2.24) is 34.9 Å². The van der Waals surface area contributed by atoms with Crippen LogP contribution in [0, 0.1) is 57.2 Å². The minimum atomic E-state index is -0.125. The number of pyridine rings is 7. The average Bonchev–Trinajstić information content (AvgIpc) is 1.56. The molecule has 610 valence electrons. The van der Waals surface area contributed by atoms with E-state index >= 15 is 0 Å². The van der Waals surface area contributed by atoms with E-state index in [4.69, 9.17) is 14.6 Å². The number of para-hydroxylation sites is 1. The molecule has 0 bridgehead atoms. The van der Waals surface area contributed by atoms with Crippen LogP contribution in [0.1, 0.15) is 74.1 Å². The summed E-state index contributed by atoms with van der Waals surface area (Å²) in [7, 11) is 0. The molecule has 12 nitrogen and oxygen atoms in total. The third kappa shape index (κ3) is 31.8. The normalized spacial score (nSPS) is 9.86. The number of aromatic nitrogens is 7. The van der Waals surface area contributed by atoms with Crippen molar-refractivity contribution in [1.29, 1.82) is 0 Å². The van der Waals surface area contributed by atoms with Crippen LogP contribution in [0.3, 0.4) is 0 Å². The summed E-state index contributed by atoms with van der Waals surface area (Å²) < 4.78 is 6.01. The molecular formula is C102H95Ir4N7O5-6. The van der Waals surface area contributed by atoms with Crippen molar-refractivity contribution in [2.24, 2.45) is 0 Å². The van der Waals surface area contributed by atoms with E-state index in [0.717, 1.165) is 112 Å². The number of nitrogens with zero attached hydrogens (tertiary/aromatic N) is 7. The molecule has 0 unspecified atom stereocenters. The molecule has 8 aromatic heterocycles. The number of fused-ring (bicyclic) bond motifs is 5. The van der Waals surface area contributed by atoms with Gasteiger partial charge in [0.2, 0.25) is 0 Å². The van der Waals surface area contributed by atoms with Gasteiger partial charge in [-0.3, -0.25) is 24.5 Å². The Kier molecular flexibility index (Phi) is 47.2. The third-order valence-electron chi connectivity index (χ3n) is 16.2. The molecule has 0 saturated heterocycles. The quantitative estimate of drug-likeness (QED) is 0.0795. The average molecular weight is 2270 g/mol. The maximum atomic E-state index is 10.0. The first-order valence-electron chi connectivity index (χ1n) is 35.4. The van der Waals surface area contributed by atoms with Crippen LogP contribution in [0.4, 0.5) is 0 Å².